The van der Waals surface area contributed by atoms with Gasteiger partial charge in [0.1, 0.15) is 0 Å². The van der Waals surface area contributed by atoms with Crippen LogP contribution in [0.4, 0.5) is 0 Å². The van der Waals surface area contributed by atoms with E-state index in [4.69, 9.17) is 10.8 Å². The molecule has 0 radical (unpaired) electrons. The zero-order valence-electron chi connectivity index (χ0n) is 6.25. The van der Waals surface area contributed by atoms with Crippen LogP contribution in [-0.2, 0) is 14.4 Å². The zero-order chi connectivity index (χ0) is 9.23. The summed E-state index contributed by atoms with van der Waals surface area (Å²) in [4.78, 5) is 31.4. The highest BCUT2D eigenvalue weighted by molar-refractivity contribution is 6.43. The SMILES string of the molecule is CC(=O)C(=O)[C@](C)(N)C(=O)O. The lowest BCUT2D eigenvalue weighted by atomic mass is 9.96. The molecule has 0 aromatic carbocycles. The molecular weight excluding hydrogens is 150 g/mol. The normalized spacial score (nSPS) is 15.2. The predicted molar refractivity (Wildman–Crippen MR) is 35.9 cm³/mol. The minimum atomic E-state index is -2.09. The summed E-state index contributed by atoms with van der Waals surface area (Å²) in [6.07, 6.45) is 0. The van der Waals surface area contributed by atoms with E-state index in [0.717, 1.165) is 13.8 Å². The van der Waals surface area contributed by atoms with Crippen LogP contribution in [0.15, 0.2) is 0 Å². The van der Waals surface area contributed by atoms with Crippen molar-refractivity contribution in [3.05, 3.63) is 0 Å². The number of carbonyl (C=O) groups is 3. The Hall–Kier alpha value is -1.23. The second kappa shape index (κ2) is 2.79. The first kappa shape index (κ1) is 9.77. The first-order valence-corrected chi connectivity index (χ1v) is 2.87. The van der Waals surface area contributed by atoms with E-state index in [1.165, 1.54) is 0 Å². The summed E-state index contributed by atoms with van der Waals surface area (Å²) >= 11 is 0. The average molecular weight is 159 g/mol. The van der Waals surface area contributed by atoms with Crippen LogP contribution in [0.3, 0.4) is 0 Å². The van der Waals surface area contributed by atoms with E-state index in [-0.39, 0.29) is 0 Å². The first-order valence-electron chi connectivity index (χ1n) is 2.87. The molecule has 0 bridgehead atoms. The molecule has 0 aliphatic rings. The lowest BCUT2D eigenvalue weighted by Crippen LogP contribution is -2.54. The van der Waals surface area contributed by atoms with Crippen LogP contribution in [-0.4, -0.2) is 28.2 Å². The van der Waals surface area contributed by atoms with Crippen LogP contribution in [0.5, 0.6) is 0 Å². The van der Waals surface area contributed by atoms with Gasteiger partial charge in [-0.3, -0.25) is 9.59 Å². The summed E-state index contributed by atoms with van der Waals surface area (Å²) in [6.45, 7) is 1.97. The summed E-state index contributed by atoms with van der Waals surface area (Å²) in [6, 6.07) is 0. The van der Waals surface area contributed by atoms with Crippen LogP contribution < -0.4 is 5.73 Å². The Bertz CT molecular complexity index is 219. The Kier molecular flexibility index (Phi) is 2.48. The van der Waals surface area contributed by atoms with Gasteiger partial charge in [0.25, 0.3) is 0 Å². The topological polar surface area (TPSA) is 97.5 Å². The Labute approximate surface area is 63.2 Å². The van der Waals surface area contributed by atoms with Gasteiger partial charge in [-0.15, -0.1) is 0 Å². The van der Waals surface area contributed by atoms with Crippen LogP contribution in [0, 0.1) is 0 Å². The number of aliphatic carboxylic acids is 1. The molecule has 0 saturated heterocycles. The van der Waals surface area contributed by atoms with Crippen LogP contribution in [0.2, 0.25) is 0 Å². The number of carboxylic acids is 1. The number of nitrogens with two attached hydrogens (primary N) is 1. The van der Waals surface area contributed by atoms with E-state index in [0.29, 0.717) is 0 Å². The molecule has 5 heteroatoms. The molecule has 5 nitrogen and oxygen atoms in total. The number of rotatable bonds is 3. The Balaban J connectivity index is 4.70. The molecule has 0 unspecified atom stereocenters. The van der Waals surface area contributed by atoms with Crippen molar-refractivity contribution in [1.82, 2.24) is 0 Å². The third-order valence-corrected chi connectivity index (χ3v) is 1.24. The summed E-state index contributed by atoms with van der Waals surface area (Å²) in [5.74, 6) is -3.44. The molecule has 0 aromatic rings. The molecule has 1 atom stereocenters. The van der Waals surface area contributed by atoms with Gasteiger partial charge < -0.3 is 10.8 Å². The molecule has 0 saturated carbocycles. The second-order valence-corrected chi connectivity index (χ2v) is 2.39. The molecule has 0 aromatic heterocycles. The molecule has 3 N–H and O–H groups in total. The van der Waals surface area contributed by atoms with Gasteiger partial charge in [-0.2, -0.15) is 0 Å². The summed E-state index contributed by atoms with van der Waals surface area (Å²) in [5.41, 5.74) is 2.94. The van der Waals surface area contributed by atoms with E-state index < -0.39 is 23.1 Å². The minimum Gasteiger partial charge on any atom is -0.480 e. The van der Waals surface area contributed by atoms with Crippen molar-refractivity contribution in [2.75, 3.05) is 0 Å². The maximum Gasteiger partial charge on any atom is 0.331 e. The predicted octanol–water partition coefficient (Wildman–Crippen LogP) is -1.05. The van der Waals surface area contributed by atoms with E-state index in [1.54, 1.807) is 0 Å². The van der Waals surface area contributed by atoms with E-state index in [2.05, 4.69) is 0 Å². The van der Waals surface area contributed by atoms with Gasteiger partial charge in [-0.1, -0.05) is 0 Å². The van der Waals surface area contributed by atoms with Crippen LogP contribution in [0.25, 0.3) is 0 Å². The first-order chi connectivity index (χ1) is 4.80. The summed E-state index contributed by atoms with van der Waals surface area (Å²) in [5, 5.41) is 8.36. The van der Waals surface area contributed by atoms with E-state index in [1.807, 2.05) is 0 Å². The molecule has 0 aliphatic heterocycles. The van der Waals surface area contributed by atoms with Crippen molar-refractivity contribution < 1.29 is 19.5 Å². The van der Waals surface area contributed by atoms with Gasteiger partial charge >= 0.3 is 5.97 Å². The van der Waals surface area contributed by atoms with Crippen molar-refractivity contribution in [2.45, 2.75) is 19.4 Å². The van der Waals surface area contributed by atoms with Crippen molar-refractivity contribution in [2.24, 2.45) is 5.73 Å². The van der Waals surface area contributed by atoms with Crippen LogP contribution in [0.1, 0.15) is 13.8 Å². The maximum atomic E-state index is 10.8. The fourth-order valence-electron chi connectivity index (χ4n) is 0.463. The number of hydrogen-bond donors (Lipinski definition) is 2. The van der Waals surface area contributed by atoms with E-state index >= 15 is 0 Å². The molecule has 62 valence electrons. The highest BCUT2D eigenvalue weighted by Crippen LogP contribution is 2.01. The number of carbonyl (C=O) groups excluding carboxylic acids is 2. The van der Waals surface area contributed by atoms with Gasteiger partial charge in [-0.05, 0) is 6.92 Å². The zero-order valence-corrected chi connectivity index (χ0v) is 6.25. The van der Waals surface area contributed by atoms with E-state index in [9.17, 15) is 14.4 Å². The molecular formula is C6H9NO4. The van der Waals surface area contributed by atoms with Gasteiger partial charge in [-0.25, -0.2) is 4.79 Å². The molecule has 0 heterocycles. The van der Waals surface area contributed by atoms with Crippen molar-refractivity contribution >= 4 is 17.5 Å². The average Bonchev–Trinajstić information content (AvgIpc) is 1.85. The third-order valence-electron chi connectivity index (χ3n) is 1.24. The van der Waals surface area contributed by atoms with Gasteiger partial charge in [0.2, 0.25) is 5.78 Å². The maximum absolute atomic E-state index is 10.8. The standard InChI is InChI=1S/C6H9NO4/c1-3(8)4(9)6(2,7)5(10)11/h7H2,1-2H3,(H,10,11)/t6-/m0/s1. The second-order valence-electron chi connectivity index (χ2n) is 2.39. The molecule has 0 rings (SSSR count). The number of carboxylic acid groups (broad SMARTS) is 1. The highest BCUT2D eigenvalue weighted by atomic mass is 16.4. The fourth-order valence-corrected chi connectivity index (χ4v) is 0.463. The Morgan fingerprint density at radius 1 is 1.36 bits per heavy atom. The van der Waals surface area contributed by atoms with Gasteiger partial charge in [0, 0.05) is 6.92 Å². The minimum absolute atomic E-state index is 0.850. The lowest BCUT2D eigenvalue weighted by Gasteiger charge is -2.14. The molecule has 0 aliphatic carbocycles. The smallest absolute Gasteiger partial charge is 0.331 e. The van der Waals surface area contributed by atoms with Crippen LogP contribution >= 0.6 is 0 Å². The third kappa shape index (κ3) is 1.84. The summed E-state index contributed by atoms with van der Waals surface area (Å²) < 4.78 is 0. The lowest BCUT2D eigenvalue weighted by molar-refractivity contribution is -0.151. The molecule has 0 spiro atoms. The van der Waals surface area contributed by atoms with Gasteiger partial charge in [0.05, 0.1) is 0 Å². The number of hydrogen-bond acceptors (Lipinski definition) is 4. The Morgan fingerprint density at radius 3 is 1.82 bits per heavy atom. The Morgan fingerprint density at radius 2 is 1.73 bits per heavy atom. The van der Waals surface area contributed by atoms with Crippen molar-refractivity contribution in [3.63, 3.8) is 0 Å². The quantitative estimate of drug-likeness (QED) is 0.404. The monoisotopic (exact) mass is 159 g/mol. The van der Waals surface area contributed by atoms with Crippen molar-refractivity contribution in [3.8, 4) is 0 Å². The fraction of sp³-hybridized carbons (Fsp3) is 0.500. The number of Topliss-reactive ketones (excluding diaryl/α,β-unsaturated/α-hetero) is 2. The summed E-state index contributed by atoms with van der Waals surface area (Å²) in [7, 11) is 0. The van der Waals surface area contributed by atoms with Crippen molar-refractivity contribution in [1.29, 1.82) is 0 Å². The number of ketones is 2. The highest BCUT2D eigenvalue weighted by Gasteiger charge is 2.38. The molecule has 11 heavy (non-hydrogen) atoms. The largest absolute Gasteiger partial charge is 0.480 e. The molecule has 0 amide bonds. The molecule has 0 fully saturated rings. The van der Waals surface area contributed by atoms with Gasteiger partial charge in [0.15, 0.2) is 11.3 Å².